The number of carbonyl (C=O) groups is 2. The molecule has 3 heterocycles. The van der Waals surface area contributed by atoms with Crippen LogP contribution in [0.5, 0.6) is 0 Å². The normalized spacial score (nSPS) is 16.3. The van der Waals surface area contributed by atoms with E-state index in [1.54, 1.807) is 0 Å². The molecule has 1 saturated heterocycles. The maximum atomic E-state index is 13.1. The van der Waals surface area contributed by atoms with Gasteiger partial charge in [0.2, 0.25) is 0 Å². The molecule has 2 aromatic carbocycles. The van der Waals surface area contributed by atoms with Gasteiger partial charge in [0.1, 0.15) is 0 Å². The summed E-state index contributed by atoms with van der Waals surface area (Å²) in [6.07, 6.45) is 4.89. The van der Waals surface area contributed by atoms with E-state index in [4.69, 9.17) is 0 Å². The number of amides is 2. The fourth-order valence-electron chi connectivity index (χ4n) is 5.48. The van der Waals surface area contributed by atoms with Crippen LogP contribution in [0.3, 0.4) is 0 Å². The number of benzene rings is 2. The maximum Gasteiger partial charge on any atom is 0.256 e. The molecule has 0 radical (unpaired) electrons. The quantitative estimate of drug-likeness (QED) is 0.351. The zero-order chi connectivity index (χ0) is 25.9. The lowest BCUT2D eigenvalue weighted by Gasteiger charge is -2.14. The van der Waals surface area contributed by atoms with E-state index in [0.717, 1.165) is 64.5 Å². The van der Waals surface area contributed by atoms with Crippen LogP contribution in [0.4, 0.5) is 5.69 Å². The number of carbonyl (C=O) groups excluding carboxylic acids is 2. The number of aryl methyl sites for hydroxylation is 1. The van der Waals surface area contributed by atoms with Crippen LogP contribution in [0.1, 0.15) is 51.3 Å². The Morgan fingerprint density at radius 3 is 2.70 bits per heavy atom. The van der Waals surface area contributed by atoms with E-state index in [2.05, 4.69) is 26.6 Å². The Morgan fingerprint density at radius 1 is 1.14 bits per heavy atom. The van der Waals surface area contributed by atoms with Crippen molar-refractivity contribution in [2.75, 3.05) is 38.1 Å². The van der Waals surface area contributed by atoms with E-state index < -0.39 is 0 Å². The predicted molar refractivity (Wildman–Crippen MR) is 147 cm³/mol. The summed E-state index contributed by atoms with van der Waals surface area (Å²) in [6, 6.07) is 13.9. The van der Waals surface area contributed by atoms with Crippen LogP contribution in [-0.4, -0.2) is 59.6 Å². The lowest BCUT2D eigenvalue weighted by atomic mass is 9.93. The van der Waals surface area contributed by atoms with Crippen LogP contribution in [0.2, 0.25) is 0 Å². The van der Waals surface area contributed by atoms with Crippen molar-refractivity contribution in [2.24, 2.45) is 0 Å². The number of aromatic nitrogens is 1. The third-order valence-electron chi connectivity index (χ3n) is 7.37. The molecule has 1 fully saturated rings. The number of nitrogens with zero attached hydrogens (tertiary/aromatic N) is 1. The van der Waals surface area contributed by atoms with Crippen LogP contribution < -0.4 is 10.6 Å². The van der Waals surface area contributed by atoms with Gasteiger partial charge in [0.15, 0.2) is 0 Å². The summed E-state index contributed by atoms with van der Waals surface area (Å²) in [6.45, 7) is 7.59. The minimum Gasteiger partial charge on any atom is -0.396 e. The molecule has 4 N–H and O–H groups in total. The first-order valence-electron chi connectivity index (χ1n) is 13.0. The lowest BCUT2D eigenvalue weighted by Crippen LogP contribution is -2.33. The van der Waals surface area contributed by atoms with Crippen molar-refractivity contribution in [2.45, 2.75) is 33.1 Å². The molecule has 0 aliphatic carbocycles. The standard InChI is InChI=1S/C30H34N4O3/c1-19-26(32-20(2)27(19)30(37)31-12-15-34-13-3-4-14-34)18-24-28-23(9-6-10-25(28)33-29(24)36)22-8-5-7-21(17-22)11-16-35/h5-10,17-18,32,35H,3-4,11-16H2,1-2H3,(H,31,37)(H,33,36)/b24-18-. The second kappa shape index (κ2) is 10.7. The Bertz CT molecular complexity index is 1370. The van der Waals surface area contributed by atoms with Crippen molar-refractivity contribution in [3.8, 4) is 11.1 Å². The number of fused-ring (bicyclic) bond motifs is 1. The van der Waals surface area contributed by atoms with Gasteiger partial charge in [-0.2, -0.15) is 0 Å². The Labute approximate surface area is 217 Å². The van der Waals surface area contributed by atoms with Crippen LogP contribution >= 0.6 is 0 Å². The van der Waals surface area contributed by atoms with Crippen molar-refractivity contribution in [3.63, 3.8) is 0 Å². The van der Waals surface area contributed by atoms with Gasteiger partial charge in [0, 0.05) is 42.3 Å². The average molecular weight is 499 g/mol. The van der Waals surface area contributed by atoms with E-state index in [9.17, 15) is 14.7 Å². The smallest absolute Gasteiger partial charge is 0.256 e. The first-order chi connectivity index (χ1) is 18.0. The molecule has 5 rings (SSSR count). The molecule has 3 aromatic rings. The second-order valence-corrected chi connectivity index (χ2v) is 9.88. The van der Waals surface area contributed by atoms with Gasteiger partial charge in [-0.3, -0.25) is 9.59 Å². The number of hydrogen-bond donors (Lipinski definition) is 4. The van der Waals surface area contributed by atoms with Crippen molar-refractivity contribution >= 4 is 29.2 Å². The highest BCUT2D eigenvalue weighted by atomic mass is 16.3. The fraction of sp³-hybridized carbons (Fsp3) is 0.333. The molecular weight excluding hydrogens is 464 g/mol. The number of hydrogen-bond acceptors (Lipinski definition) is 4. The monoisotopic (exact) mass is 498 g/mol. The van der Waals surface area contributed by atoms with Gasteiger partial charge >= 0.3 is 0 Å². The van der Waals surface area contributed by atoms with Gasteiger partial charge < -0.3 is 25.6 Å². The fourth-order valence-corrected chi connectivity index (χ4v) is 5.48. The molecule has 37 heavy (non-hydrogen) atoms. The van der Waals surface area contributed by atoms with Crippen LogP contribution in [0.15, 0.2) is 42.5 Å². The minimum atomic E-state index is -0.169. The summed E-state index contributed by atoms with van der Waals surface area (Å²) in [5.74, 6) is -0.259. The molecule has 2 amide bonds. The lowest BCUT2D eigenvalue weighted by molar-refractivity contribution is -0.110. The molecule has 7 nitrogen and oxygen atoms in total. The van der Waals surface area contributed by atoms with Crippen molar-refractivity contribution in [1.82, 2.24) is 15.2 Å². The molecule has 0 unspecified atom stereocenters. The number of H-pyrrole nitrogens is 1. The van der Waals surface area contributed by atoms with Gasteiger partial charge in [0.05, 0.1) is 11.1 Å². The molecule has 0 bridgehead atoms. The van der Waals surface area contributed by atoms with Crippen LogP contribution in [-0.2, 0) is 11.2 Å². The third kappa shape index (κ3) is 5.10. The Balaban J connectivity index is 1.45. The first-order valence-corrected chi connectivity index (χ1v) is 13.0. The summed E-state index contributed by atoms with van der Waals surface area (Å²) in [5, 5.41) is 15.4. The van der Waals surface area contributed by atoms with Crippen LogP contribution in [0, 0.1) is 13.8 Å². The Morgan fingerprint density at radius 2 is 1.92 bits per heavy atom. The highest BCUT2D eigenvalue weighted by molar-refractivity contribution is 6.36. The highest BCUT2D eigenvalue weighted by Gasteiger charge is 2.28. The van der Waals surface area contributed by atoms with Gasteiger partial charge in [-0.05, 0) is 80.6 Å². The molecule has 1 aromatic heterocycles. The van der Waals surface area contributed by atoms with Gasteiger partial charge in [-0.1, -0.05) is 36.4 Å². The summed E-state index contributed by atoms with van der Waals surface area (Å²) < 4.78 is 0. The van der Waals surface area contributed by atoms with E-state index in [0.29, 0.717) is 24.1 Å². The largest absolute Gasteiger partial charge is 0.396 e. The zero-order valence-electron chi connectivity index (χ0n) is 21.5. The molecule has 192 valence electrons. The molecule has 0 atom stereocenters. The zero-order valence-corrected chi connectivity index (χ0v) is 21.5. The van der Waals surface area contributed by atoms with Crippen LogP contribution in [0.25, 0.3) is 22.8 Å². The Hall–Kier alpha value is -3.68. The molecule has 7 heteroatoms. The molecular formula is C30H34N4O3. The van der Waals surface area contributed by atoms with Crippen molar-refractivity contribution in [1.29, 1.82) is 0 Å². The number of anilines is 1. The van der Waals surface area contributed by atoms with Crippen molar-refractivity contribution in [3.05, 3.63) is 76.1 Å². The summed E-state index contributed by atoms with van der Waals surface area (Å²) in [5.41, 5.74) is 8.14. The third-order valence-corrected chi connectivity index (χ3v) is 7.37. The van der Waals surface area contributed by atoms with Gasteiger partial charge in [0.25, 0.3) is 11.8 Å². The second-order valence-electron chi connectivity index (χ2n) is 9.88. The first kappa shape index (κ1) is 25.0. The maximum absolute atomic E-state index is 13.1. The SMILES string of the molecule is Cc1[nH]c(/C=C2\C(=O)Nc3cccc(-c4cccc(CCO)c4)c32)c(C)c1C(=O)NCCN1CCCC1. The highest BCUT2D eigenvalue weighted by Crippen LogP contribution is 2.41. The van der Waals surface area contributed by atoms with E-state index in [1.165, 1.54) is 12.8 Å². The number of nitrogens with one attached hydrogen (secondary N) is 3. The average Bonchev–Trinajstić information content (AvgIpc) is 3.58. The molecule has 2 aliphatic heterocycles. The molecule has 0 spiro atoms. The summed E-state index contributed by atoms with van der Waals surface area (Å²) in [7, 11) is 0. The minimum absolute atomic E-state index is 0.0845. The molecule has 0 saturated carbocycles. The topological polar surface area (TPSA) is 97.5 Å². The molecule has 2 aliphatic rings. The van der Waals surface area contributed by atoms with E-state index >= 15 is 0 Å². The number of aliphatic hydroxyl groups excluding tert-OH is 1. The van der Waals surface area contributed by atoms with Crippen molar-refractivity contribution < 1.29 is 14.7 Å². The number of likely N-dealkylation sites (tertiary alicyclic amines) is 1. The predicted octanol–water partition coefficient (Wildman–Crippen LogP) is 4.15. The van der Waals surface area contributed by atoms with E-state index in [1.807, 2.05) is 56.3 Å². The number of aromatic amines is 1. The summed E-state index contributed by atoms with van der Waals surface area (Å²) in [4.78, 5) is 31.8. The summed E-state index contributed by atoms with van der Waals surface area (Å²) >= 11 is 0. The van der Waals surface area contributed by atoms with E-state index in [-0.39, 0.29) is 18.4 Å². The Kier molecular flexibility index (Phi) is 7.26. The van der Waals surface area contributed by atoms with Gasteiger partial charge in [-0.15, -0.1) is 0 Å². The van der Waals surface area contributed by atoms with Gasteiger partial charge in [-0.25, -0.2) is 0 Å². The number of aliphatic hydroxyl groups is 1. The number of rotatable bonds is 8.